The summed E-state index contributed by atoms with van der Waals surface area (Å²) in [7, 11) is 5.76. The molecule has 0 aliphatic rings. The molecule has 2 rings (SSSR count). The summed E-state index contributed by atoms with van der Waals surface area (Å²) in [5, 5.41) is 6.15. The van der Waals surface area contributed by atoms with E-state index in [4.69, 9.17) is 0 Å². The van der Waals surface area contributed by atoms with Gasteiger partial charge < -0.3 is 15.5 Å². The molecule has 0 saturated heterocycles. The van der Waals surface area contributed by atoms with E-state index >= 15 is 0 Å². The van der Waals surface area contributed by atoms with Gasteiger partial charge >= 0.3 is 0 Å². The normalized spacial score (nSPS) is 10.1. The summed E-state index contributed by atoms with van der Waals surface area (Å²) in [4.78, 5) is 10.8. The maximum absolute atomic E-state index is 4.46. The van der Waals surface area contributed by atoms with Crippen molar-refractivity contribution in [3.05, 3.63) is 36.2 Å². The molecule has 1 heterocycles. The minimum Gasteiger partial charge on any atom is -0.388 e. The lowest BCUT2D eigenvalue weighted by atomic mass is 10.2. The average Bonchev–Trinajstić information content (AvgIpc) is 2.46. The predicted octanol–water partition coefficient (Wildman–Crippen LogP) is 2.64. The summed E-state index contributed by atoms with van der Waals surface area (Å²) in [6.07, 6.45) is 0. The molecule has 0 spiro atoms. The number of benzene rings is 1. The third-order valence-electron chi connectivity index (χ3n) is 2.97. The van der Waals surface area contributed by atoms with Crippen molar-refractivity contribution < 1.29 is 0 Å². The van der Waals surface area contributed by atoms with E-state index in [2.05, 4.69) is 32.7 Å². The first kappa shape index (κ1) is 13.1. The number of hydrogen-bond acceptors (Lipinski definition) is 5. The van der Waals surface area contributed by atoms with Crippen molar-refractivity contribution in [2.45, 2.75) is 6.92 Å². The summed E-state index contributed by atoms with van der Waals surface area (Å²) >= 11 is 0. The first-order valence-corrected chi connectivity index (χ1v) is 6.19. The number of rotatable bonds is 4. The lowest BCUT2D eigenvalue weighted by molar-refractivity contribution is 1.01. The monoisotopic (exact) mass is 257 g/mol. The Bertz CT molecular complexity index is 550. The van der Waals surface area contributed by atoms with E-state index in [0.717, 1.165) is 28.8 Å². The van der Waals surface area contributed by atoms with Crippen molar-refractivity contribution in [2.24, 2.45) is 0 Å². The van der Waals surface area contributed by atoms with Crippen LogP contribution in [0.15, 0.2) is 30.3 Å². The van der Waals surface area contributed by atoms with Crippen LogP contribution in [0, 0.1) is 6.92 Å². The Morgan fingerprint density at radius 2 is 1.68 bits per heavy atom. The Hall–Kier alpha value is -2.30. The Labute approximate surface area is 113 Å². The lowest BCUT2D eigenvalue weighted by Gasteiger charge is -2.19. The first-order chi connectivity index (χ1) is 9.13. The largest absolute Gasteiger partial charge is 0.388 e. The zero-order chi connectivity index (χ0) is 13.8. The molecule has 5 nitrogen and oxygen atoms in total. The van der Waals surface area contributed by atoms with Crippen LogP contribution in [-0.2, 0) is 0 Å². The van der Waals surface area contributed by atoms with Crippen LogP contribution >= 0.6 is 0 Å². The number of hydrogen-bond donors (Lipinski definition) is 2. The van der Waals surface area contributed by atoms with E-state index in [1.807, 2.05) is 51.2 Å². The van der Waals surface area contributed by atoms with Gasteiger partial charge in [0.05, 0.1) is 0 Å². The van der Waals surface area contributed by atoms with E-state index in [-0.39, 0.29) is 0 Å². The van der Waals surface area contributed by atoms with Gasteiger partial charge in [0.2, 0.25) is 0 Å². The Balaban J connectivity index is 2.31. The lowest BCUT2D eigenvalue weighted by Crippen LogP contribution is -2.13. The molecule has 0 atom stereocenters. The van der Waals surface area contributed by atoms with Gasteiger partial charge in [0.15, 0.2) is 0 Å². The minimum atomic E-state index is 0.751. The molecule has 0 unspecified atom stereocenters. The van der Waals surface area contributed by atoms with Gasteiger partial charge in [0.1, 0.15) is 17.5 Å². The Morgan fingerprint density at radius 1 is 1.00 bits per heavy atom. The molecule has 1 aromatic carbocycles. The van der Waals surface area contributed by atoms with Crippen LogP contribution in [0.3, 0.4) is 0 Å². The van der Waals surface area contributed by atoms with Crippen molar-refractivity contribution in [2.75, 3.05) is 36.7 Å². The van der Waals surface area contributed by atoms with Gasteiger partial charge in [-0.05, 0) is 31.2 Å². The first-order valence-electron chi connectivity index (χ1n) is 6.19. The maximum atomic E-state index is 4.46. The smallest absolute Gasteiger partial charge is 0.138 e. The molecule has 0 bridgehead atoms. The number of aryl methyl sites for hydroxylation is 1. The highest BCUT2D eigenvalue weighted by Crippen LogP contribution is 2.24. The second kappa shape index (κ2) is 5.56. The van der Waals surface area contributed by atoms with E-state index in [1.54, 1.807) is 0 Å². The highest BCUT2D eigenvalue weighted by Gasteiger charge is 2.08. The summed E-state index contributed by atoms with van der Waals surface area (Å²) in [6, 6.07) is 10.1. The molecular weight excluding hydrogens is 238 g/mol. The second-order valence-corrected chi connectivity index (χ2v) is 4.26. The molecule has 0 aliphatic carbocycles. The van der Waals surface area contributed by atoms with Crippen LogP contribution in [0.1, 0.15) is 5.82 Å². The van der Waals surface area contributed by atoms with Gasteiger partial charge in [-0.15, -0.1) is 0 Å². The quantitative estimate of drug-likeness (QED) is 0.882. The van der Waals surface area contributed by atoms with Crippen LogP contribution < -0.4 is 15.5 Å². The van der Waals surface area contributed by atoms with Crippen LogP contribution in [0.5, 0.6) is 0 Å². The van der Waals surface area contributed by atoms with E-state index < -0.39 is 0 Å². The maximum Gasteiger partial charge on any atom is 0.138 e. The molecule has 2 aromatic rings. The molecule has 0 aliphatic heterocycles. The predicted molar refractivity (Wildman–Crippen MR) is 80.4 cm³/mol. The summed E-state index contributed by atoms with van der Waals surface area (Å²) in [5.41, 5.74) is 2.17. The van der Waals surface area contributed by atoms with Gasteiger partial charge in [-0.2, -0.15) is 0 Å². The number of nitrogens with one attached hydrogen (secondary N) is 2. The van der Waals surface area contributed by atoms with Gasteiger partial charge in [0, 0.05) is 38.6 Å². The molecule has 2 N–H and O–H groups in total. The van der Waals surface area contributed by atoms with Crippen LogP contribution in [0.2, 0.25) is 0 Å². The Morgan fingerprint density at radius 3 is 2.26 bits per heavy atom. The third kappa shape index (κ3) is 2.93. The van der Waals surface area contributed by atoms with E-state index in [9.17, 15) is 0 Å². The number of aromatic nitrogens is 2. The van der Waals surface area contributed by atoms with Crippen molar-refractivity contribution in [1.82, 2.24) is 9.97 Å². The van der Waals surface area contributed by atoms with Gasteiger partial charge in [-0.3, -0.25) is 0 Å². The average molecular weight is 257 g/mol. The summed E-state index contributed by atoms with van der Waals surface area (Å²) < 4.78 is 0. The fraction of sp³-hybridized carbons (Fsp3) is 0.286. The zero-order valence-electron chi connectivity index (χ0n) is 11.7. The highest BCUT2D eigenvalue weighted by atomic mass is 15.2. The molecule has 0 saturated carbocycles. The minimum absolute atomic E-state index is 0.751. The zero-order valence-corrected chi connectivity index (χ0v) is 11.7. The molecule has 0 amide bonds. The van der Waals surface area contributed by atoms with Gasteiger partial charge in [0.25, 0.3) is 0 Å². The van der Waals surface area contributed by atoms with Crippen LogP contribution in [-0.4, -0.2) is 31.1 Å². The fourth-order valence-electron chi connectivity index (χ4n) is 1.84. The molecule has 0 fully saturated rings. The fourth-order valence-corrected chi connectivity index (χ4v) is 1.84. The van der Waals surface area contributed by atoms with Crippen LogP contribution in [0.25, 0.3) is 0 Å². The molecule has 19 heavy (non-hydrogen) atoms. The number of anilines is 4. The van der Waals surface area contributed by atoms with Crippen LogP contribution in [0.4, 0.5) is 23.0 Å². The molecule has 0 radical (unpaired) electrons. The van der Waals surface area contributed by atoms with E-state index in [0.29, 0.717) is 0 Å². The molecule has 100 valence electrons. The topological polar surface area (TPSA) is 53.1 Å². The third-order valence-corrected chi connectivity index (χ3v) is 2.97. The van der Waals surface area contributed by atoms with Crippen molar-refractivity contribution in [3.63, 3.8) is 0 Å². The molecule has 1 aromatic heterocycles. The van der Waals surface area contributed by atoms with Crippen molar-refractivity contribution in [1.29, 1.82) is 0 Å². The SMILES string of the molecule is CNc1ccc(N(C)c2cc(NC)nc(C)n2)cc1. The standard InChI is InChI=1S/C14H19N5/c1-10-17-13(16-3)9-14(18-10)19(4)12-7-5-11(15-2)6-8-12/h5-9,15H,1-4H3,(H,16,17,18). The highest BCUT2D eigenvalue weighted by molar-refractivity contribution is 5.64. The van der Waals surface area contributed by atoms with Gasteiger partial charge in [-0.25, -0.2) is 9.97 Å². The van der Waals surface area contributed by atoms with Crippen molar-refractivity contribution >= 4 is 23.0 Å². The van der Waals surface area contributed by atoms with Crippen molar-refractivity contribution in [3.8, 4) is 0 Å². The molecule has 5 heteroatoms. The molecular formula is C14H19N5. The number of nitrogens with zero attached hydrogens (tertiary/aromatic N) is 3. The van der Waals surface area contributed by atoms with Gasteiger partial charge in [-0.1, -0.05) is 0 Å². The Kier molecular flexibility index (Phi) is 3.85. The summed E-state index contributed by atoms with van der Waals surface area (Å²) in [5.74, 6) is 2.44. The second-order valence-electron chi connectivity index (χ2n) is 4.26. The summed E-state index contributed by atoms with van der Waals surface area (Å²) in [6.45, 7) is 1.89. The van der Waals surface area contributed by atoms with E-state index in [1.165, 1.54) is 0 Å².